The molecule has 1 spiro atoms. The van der Waals surface area contributed by atoms with Gasteiger partial charge in [0.05, 0.1) is 16.7 Å². The van der Waals surface area contributed by atoms with Gasteiger partial charge in [0.25, 0.3) is 0 Å². The molecule has 6 nitrogen and oxygen atoms in total. The number of rotatable bonds is 5. The van der Waals surface area contributed by atoms with Gasteiger partial charge in [-0.1, -0.05) is 12.1 Å². The summed E-state index contributed by atoms with van der Waals surface area (Å²) in [7, 11) is 4.22. The van der Waals surface area contributed by atoms with Crippen molar-refractivity contribution in [2.45, 2.75) is 61.7 Å². The van der Waals surface area contributed by atoms with Crippen LogP contribution >= 0.6 is 0 Å². The van der Waals surface area contributed by atoms with Crippen molar-refractivity contribution in [1.29, 1.82) is 0 Å². The van der Waals surface area contributed by atoms with Gasteiger partial charge in [0.1, 0.15) is 0 Å². The topological polar surface area (TPSA) is 72.0 Å². The minimum Gasteiger partial charge on any atom is -0.504 e. The van der Waals surface area contributed by atoms with Crippen LogP contribution in [0.25, 0.3) is 10.9 Å². The van der Waals surface area contributed by atoms with Crippen LogP contribution < -0.4 is 4.74 Å². The molecule has 3 N–H and O–H groups in total. The molecule has 8 rings (SSSR count). The van der Waals surface area contributed by atoms with E-state index in [0.717, 1.165) is 61.6 Å². The number of likely N-dealkylation sites (tertiary alicyclic amines) is 1. The van der Waals surface area contributed by atoms with Gasteiger partial charge < -0.3 is 24.8 Å². The molecular weight excluding hydrogens is 450 g/mol. The quantitative estimate of drug-likeness (QED) is 0.514. The van der Waals surface area contributed by atoms with Crippen LogP contribution in [0.3, 0.4) is 0 Å². The van der Waals surface area contributed by atoms with Gasteiger partial charge in [0.15, 0.2) is 17.6 Å². The third-order valence-electron chi connectivity index (χ3n) is 10.1. The van der Waals surface area contributed by atoms with Gasteiger partial charge in [-0.15, -0.1) is 0 Å². The highest BCUT2D eigenvalue weighted by atomic mass is 16.5. The van der Waals surface area contributed by atoms with E-state index >= 15 is 0 Å². The van der Waals surface area contributed by atoms with Gasteiger partial charge in [-0.05, 0) is 93.6 Å². The van der Waals surface area contributed by atoms with Crippen molar-refractivity contribution in [3.05, 3.63) is 58.3 Å². The van der Waals surface area contributed by atoms with Crippen LogP contribution in [0.1, 0.15) is 53.3 Å². The number of phenols is 1. The summed E-state index contributed by atoms with van der Waals surface area (Å²) in [5, 5.41) is 25.0. The third-order valence-corrected chi connectivity index (χ3v) is 10.1. The summed E-state index contributed by atoms with van der Waals surface area (Å²) in [5.74, 6) is 1.58. The first-order chi connectivity index (χ1) is 17.4. The zero-order valence-electron chi connectivity index (χ0n) is 21.2. The molecule has 36 heavy (non-hydrogen) atoms. The number of aromatic amines is 1. The van der Waals surface area contributed by atoms with Crippen LogP contribution in [-0.4, -0.2) is 70.4 Å². The fourth-order valence-electron chi connectivity index (χ4n) is 8.18. The van der Waals surface area contributed by atoms with Gasteiger partial charge in [0, 0.05) is 42.0 Å². The molecule has 0 amide bonds. The summed E-state index contributed by atoms with van der Waals surface area (Å²) in [6, 6.07) is 10.7. The second-order valence-electron chi connectivity index (χ2n) is 12.4. The molecule has 2 aromatic carbocycles. The van der Waals surface area contributed by atoms with Gasteiger partial charge in [0.2, 0.25) is 0 Å². The monoisotopic (exact) mass is 485 g/mol. The molecule has 5 aliphatic rings. The Morgan fingerprint density at radius 1 is 1.19 bits per heavy atom. The maximum atomic E-state index is 13.0. The minimum absolute atomic E-state index is 0.0657. The van der Waals surface area contributed by atoms with E-state index in [-0.39, 0.29) is 17.9 Å². The molecule has 1 aromatic heterocycles. The summed E-state index contributed by atoms with van der Waals surface area (Å²) in [6.45, 7) is 3.07. The van der Waals surface area contributed by atoms with Gasteiger partial charge >= 0.3 is 0 Å². The Bertz CT molecular complexity index is 1410. The fourth-order valence-corrected chi connectivity index (χ4v) is 8.18. The molecule has 6 heteroatoms. The number of aliphatic hydroxyl groups is 1. The summed E-state index contributed by atoms with van der Waals surface area (Å²) in [4.78, 5) is 8.54. The molecule has 1 unspecified atom stereocenters. The number of piperidine rings is 1. The Balaban J connectivity index is 1.33. The van der Waals surface area contributed by atoms with Gasteiger partial charge in [-0.3, -0.25) is 4.90 Å². The zero-order chi connectivity index (χ0) is 24.4. The predicted octanol–water partition coefficient (Wildman–Crippen LogP) is 3.68. The number of fused-ring (bicyclic) bond motifs is 4. The van der Waals surface area contributed by atoms with E-state index in [1.807, 2.05) is 0 Å². The molecule has 3 aromatic rings. The Morgan fingerprint density at radius 2 is 2.06 bits per heavy atom. The number of aromatic nitrogens is 1. The number of H-pyrrole nitrogens is 1. The number of ether oxygens (including phenoxy) is 1. The van der Waals surface area contributed by atoms with E-state index < -0.39 is 11.0 Å². The first-order valence-electron chi connectivity index (χ1n) is 13.7. The lowest BCUT2D eigenvalue weighted by molar-refractivity contribution is -0.173. The Morgan fingerprint density at radius 3 is 2.86 bits per heavy atom. The normalized spacial score (nSPS) is 32.0. The predicted molar refractivity (Wildman–Crippen MR) is 139 cm³/mol. The number of aromatic hydroxyl groups is 1. The van der Waals surface area contributed by atoms with Crippen LogP contribution in [0.15, 0.2) is 30.3 Å². The minimum atomic E-state index is -0.932. The number of likely N-dealkylation sites (N-methyl/N-ethyl adjacent to an activating group) is 1. The van der Waals surface area contributed by atoms with Crippen LogP contribution in [0, 0.1) is 5.92 Å². The van der Waals surface area contributed by atoms with Crippen molar-refractivity contribution in [2.75, 3.05) is 33.7 Å². The average Bonchev–Trinajstić information content (AvgIpc) is 3.49. The maximum absolute atomic E-state index is 13.0. The smallest absolute Gasteiger partial charge is 0.166 e. The second kappa shape index (κ2) is 7.06. The summed E-state index contributed by atoms with van der Waals surface area (Å²) in [6.07, 6.45) is 5.61. The Hall–Kier alpha value is -2.54. The number of hydrogen-bond donors (Lipinski definition) is 3. The van der Waals surface area contributed by atoms with Crippen molar-refractivity contribution in [2.24, 2.45) is 5.92 Å². The van der Waals surface area contributed by atoms with Crippen molar-refractivity contribution in [3.63, 3.8) is 0 Å². The molecule has 188 valence electrons. The molecule has 4 atom stereocenters. The van der Waals surface area contributed by atoms with E-state index in [4.69, 9.17) is 4.74 Å². The summed E-state index contributed by atoms with van der Waals surface area (Å²) < 4.78 is 6.70. The van der Waals surface area contributed by atoms with Crippen molar-refractivity contribution in [1.82, 2.24) is 14.8 Å². The number of nitrogens with zero attached hydrogens (tertiary/aromatic N) is 2. The van der Waals surface area contributed by atoms with Crippen LogP contribution in [0.2, 0.25) is 0 Å². The Kier molecular flexibility index (Phi) is 4.22. The molecule has 0 radical (unpaired) electrons. The van der Waals surface area contributed by atoms with E-state index in [1.54, 1.807) is 6.07 Å². The van der Waals surface area contributed by atoms with Gasteiger partial charge in [-0.25, -0.2) is 0 Å². The molecule has 1 saturated heterocycles. The summed E-state index contributed by atoms with van der Waals surface area (Å²) in [5.41, 5.74) is 5.59. The second-order valence-corrected chi connectivity index (χ2v) is 12.4. The van der Waals surface area contributed by atoms with Crippen LogP contribution in [-0.2, 0) is 24.7 Å². The lowest BCUT2D eigenvalue weighted by Gasteiger charge is -2.62. The maximum Gasteiger partial charge on any atom is 0.166 e. The van der Waals surface area contributed by atoms with E-state index in [0.29, 0.717) is 12.2 Å². The SMILES string of the molecule is CN(C)CCc1ccc2[nH]c3c(c2c1)C[C@@]1(O)C2Cc4ccc(O)c5c4[C@@]1(CCN2CC1CC1)[C@H]3O5. The highest BCUT2D eigenvalue weighted by Crippen LogP contribution is 2.69. The fraction of sp³-hybridized carbons (Fsp3) is 0.533. The zero-order valence-corrected chi connectivity index (χ0v) is 21.2. The van der Waals surface area contributed by atoms with Crippen molar-refractivity contribution in [3.8, 4) is 11.5 Å². The largest absolute Gasteiger partial charge is 0.504 e. The molecule has 3 heterocycles. The lowest BCUT2D eigenvalue weighted by atomic mass is 9.49. The first-order valence-corrected chi connectivity index (χ1v) is 13.7. The number of benzene rings is 2. The van der Waals surface area contributed by atoms with Crippen LogP contribution in [0.5, 0.6) is 11.5 Å². The molecule has 2 bridgehead atoms. The number of phenolic OH excluding ortho intramolecular Hbond substituents is 1. The number of nitrogens with one attached hydrogen (secondary N) is 1. The highest BCUT2D eigenvalue weighted by molar-refractivity contribution is 5.87. The van der Waals surface area contributed by atoms with E-state index in [9.17, 15) is 10.2 Å². The molecule has 2 aliphatic heterocycles. The molecule has 3 aliphatic carbocycles. The molecule has 1 saturated carbocycles. The number of hydrogen-bond acceptors (Lipinski definition) is 5. The lowest BCUT2D eigenvalue weighted by Crippen LogP contribution is -2.74. The van der Waals surface area contributed by atoms with Crippen molar-refractivity contribution >= 4 is 10.9 Å². The average molecular weight is 486 g/mol. The standard InChI is InChI=1S/C30H35N3O3/c1-32(2)11-9-17-5-7-22-20(13-17)21-15-30(35)24-14-19-6-8-23(34)27-25(19)29(30,28(36-27)26(21)31-22)10-12-33(24)16-18-3-4-18/h5-8,13,18,24,28,31,34-35H,3-4,9-12,14-16H2,1-2H3/t24?,28-,29-,30+/m0/s1. The molecular formula is C30H35N3O3. The van der Waals surface area contributed by atoms with Crippen LogP contribution in [0.4, 0.5) is 0 Å². The first kappa shape index (κ1) is 21.5. The van der Waals surface area contributed by atoms with Gasteiger partial charge in [-0.2, -0.15) is 0 Å². The van der Waals surface area contributed by atoms with E-state index in [1.165, 1.54) is 34.9 Å². The summed E-state index contributed by atoms with van der Waals surface area (Å²) >= 11 is 0. The highest BCUT2D eigenvalue weighted by Gasteiger charge is 2.72. The van der Waals surface area contributed by atoms with Crippen molar-refractivity contribution < 1.29 is 14.9 Å². The third kappa shape index (κ3) is 2.62. The molecule has 2 fully saturated rings. The van der Waals surface area contributed by atoms with E-state index in [2.05, 4.69) is 53.1 Å². The Labute approximate surface area is 211 Å².